The van der Waals surface area contributed by atoms with Gasteiger partial charge in [0.2, 0.25) is 11.8 Å². The van der Waals surface area contributed by atoms with Gasteiger partial charge in [0.1, 0.15) is 17.3 Å². The number of Topliss-reactive ketones (excluding diaryl/α,β-unsaturated/α-hetero) is 1. The fraction of sp³-hybridized carbons (Fsp3) is 0.500. The number of aryl methyl sites for hydroxylation is 2. The van der Waals surface area contributed by atoms with Crippen LogP contribution in [0.15, 0.2) is 97.3 Å². The fourth-order valence-electron chi connectivity index (χ4n) is 13.4. The summed E-state index contributed by atoms with van der Waals surface area (Å²) in [6, 6.07) is 29.6. The number of ether oxygens (including phenoxy) is 4. The van der Waals surface area contributed by atoms with Crippen molar-refractivity contribution >= 4 is 57.6 Å². The lowest BCUT2D eigenvalue weighted by Crippen LogP contribution is -2.41. The third kappa shape index (κ3) is 15.2. The lowest BCUT2D eigenvalue weighted by Gasteiger charge is -2.36. The van der Waals surface area contributed by atoms with E-state index in [9.17, 15) is 24.3 Å². The normalized spacial score (nSPS) is 22.5. The quantitative estimate of drug-likeness (QED) is 0.0823. The number of ketones is 1. The van der Waals surface area contributed by atoms with Crippen LogP contribution in [-0.4, -0.2) is 80.2 Å². The Labute approximate surface area is 499 Å². The van der Waals surface area contributed by atoms with Gasteiger partial charge >= 0.3 is 5.97 Å². The van der Waals surface area contributed by atoms with Gasteiger partial charge < -0.3 is 33.9 Å². The minimum atomic E-state index is -0.746. The summed E-state index contributed by atoms with van der Waals surface area (Å²) in [4.78, 5) is 66.8. The second-order valence-corrected chi connectivity index (χ2v) is 25.5. The molecule has 2 aromatic heterocycles. The maximum Gasteiger partial charge on any atom is 0.306 e. The van der Waals surface area contributed by atoms with Crippen molar-refractivity contribution in [3.8, 4) is 42.8 Å². The molecule has 13 nitrogen and oxygen atoms in total. The van der Waals surface area contributed by atoms with Crippen LogP contribution >= 0.6 is 22.7 Å². The Kier molecular flexibility index (Phi) is 21.2. The Hall–Kier alpha value is -6.58. The van der Waals surface area contributed by atoms with Crippen LogP contribution < -0.4 is 28.7 Å². The first-order valence-corrected chi connectivity index (χ1v) is 31.8. The number of carbonyl (C=O) groups excluding carboxylic acids is 3. The molecule has 0 radical (unpaired) electrons. The number of amides is 2. The van der Waals surface area contributed by atoms with E-state index in [4.69, 9.17) is 18.9 Å². The number of hydrogen-bond acceptors (Lipinski definition) is 12. The molecule has 1 N–H and O–H groups in total. The number of carbonyl (C=O) groups is 4. The molecule has 10 rings (SSSR count). The monoisotopic (exact) mass is 1160 g/mol. The van der Waals surface area contributed by atoms with Gasteiger partial charge in [0.05, 0.1) is 44.1 Å². The van der Waals surface area contributed by atoms with Gasteiger partial charge in [0.25, 0.3) is 10.4 Å². The molecule has 0 atom stereocenters. The van der Waals surface area contributed by atoms with Gasteiger partial charge in [-0.2, -0.15) is 0 Å². The Morgan fingerprint density at radius 3 is 1.25 bits per heavy atom. The Balaban J connectivity index is 0.000000200. The van der Waals surface area contributed by atoms with E-state index in [2.05, 4.69) is 89.4 Å². The van der Waals surface area contributed by atoms with Crippen LogP contribution in [0.25, 0.3) is 20.9 Å². The number of aliphatic carboxylic acids is 1. The minimum Gasteiger partial charge on any atom is -0.496 e. The highest BCUT2D eigenvalue weighted by atomic mass is 32.1. The molecule has 0 spiro atoms. The van der Waals surface area contributed by atoms with E-state index in [-0.39, 0.29) is 35.5 Å². The standard InChI is InChI=1S/C35H44N2O4S.C33H40N2O5S/c1-5-31(38)26-13-15-27(16-14-26)34(39)37(30-8-6-7-29(20-30)33-21-36-35(41-4)42-33)22-24-9-11-25(12-10-24)28-17-18-32(40-3)23(2)19-28;1-21-17-26(15-16-29(21)39-2)23-9-7-22(8-10-23)20-35(31(36)24-11-13-25(14-12-24)32(37)38)28-6-4-5-27(18-28)30-19-34-33(40-3)41-30/h6-8,17-21,24-27H,5,9-16,22H2,1-4H3;4-6,15-19,22-25H,7-14,20H2,1-3H3,(H,37,38). The molecule has 6 aromatic rings. The summed E-state index contributed by atoms with van der Waals surface area (Å²) in [5.74, 6) is 3.34. The molecule has 2 heterocycles. The number of carboxylic acid groups (broad SMARTS) is 1. The van der Waals surface area contributed by atoms with Gasteiger partial charge in [-0.1, -0.05) is 78.1 Å². The second-order valence-electron chi connectivity index (χ2n) is 23.5. The molecule has 15 heteroatoms. The number of rotatable bonds is 19. The van der Waals surface area contributed by atoms with Gasteiger partial charge in [0.15, 0.2) is 0 Å². The predicted octanol–water partition coefficient (Wildman–Crippen LogP) is 15.6. The molecular weight excluding hydrogens is 1080 g/mol. The maximum absolute atomic E-state index is 14.2. The first-order valence-electron chi connectivity index (χ1n) is 30.1. The lowest BCUT2D eigenvalue weighted by molar-refractivity contribution is -0.144. The smallest absolute Gasteiger partial charge is 0.306 e. The zero-order valence-electron chi connectivity index (χ0n) is 49.6. The number of carboxylic acids is 1. The predicted molar refractivity (Wildman–Crippen MR) is 332 cm³/mol. The Bertz CT molecular complexity index is 3140. The van der Waals surface area contributed by atoms with Crippen molar-refractivity contribution in [3.63, 3.8) is 0 Å². The number of thiazole rings is 2. The second kappa shape index (κ2) is 28.8. The van der Waals surface area contributed by atoms with E-state index in [0.717, 1.165) is 127 Å². The van der Waals surface area contributed by atoms with Crippen LogP contribution in [0.2, 0.25) is 0 Å². The van der Waals surface area contributed by atoms with Gasteiger partial charge in [-0.3, -0.25) is 19.2 Å². The molecule has 4 aliphatic rings. The minimum absolute atomic E-state index is 0.0309. The highest BCUT2D eigenvalue weighted by Gasteiger charge is 2.37. The molecule has 4 fully saturated rings. The molecule has 4 aromatic carbocycles. The van der Waals surface area contributed by atoms with Crippen molar-refractivity contribution in [1.29, 1.82) is 0 Å². The summed E-state index contributed by atoms with van der Waals surface area (Å²) in [5.41, 5.74) is 9.01. The number of hydrogen-bond donors (Lipinski definition) is 1. The largest absolute Gasteiger partial charge is 0.496 e. The number of aromatic nitrogens is 2. The number of methoxy groups -OCH3 is 4. The third-order valence-corrected chi connectivity index (χ3v) is 20.4. The third-order valence-electron chi connectivity index (χ3n) is 18.4. The zero-order valence-corrected chi connectivity index (χ0v) is 51.2. The SMILES string of the molecule is CCC(=O)C1CCC(C(=O)N(CC2CCC(c3ccc(OC)c(C)c3)CC2)c2cccc(-c3cnc(OC)s3)c2)CC1.COc1ncc(-c2cccc(N(CC3CCC(c4ccc(OC)c(C)c4)CC3)C(=O)C3CCC(C(=O)O)CC3)c2)s1. The molecule has 442 valence electrons. The van der Waals surface area contributed by atoms with E-state index in [0.29, 0.717) is 78.5 Å². The summed E-state index contributed by atoms with van der Waals surface area (Å²) >= 11 is 2.99. The number of nitrogens with zero attached hydrogens (tertiary/aromatic N) is 4. The van der Waals surface area contributed by atoms with E-state index in [1.807, 2.05) is 48.5 Å². The molecule has 2 amide bonds. The van der Waals surface area contributed by atoms with Crippen LogP contribution in [-0.2, 0) is 19.2 Å². The Morgan fingerprint density at radius 1 is 0.506 bits per heavy atom. The highest BCUT2D eigenvalue weighted by Crippen LogP contribution is 2.43. The topological polar surface area (TPSA) is 158 Å². The summed E-state index contributed by atoms with van der Waals surface area (Å²) in [6.07, 6.45) is 18.6. The van der Waals surface area contributed by atoms with E-state index in [1.165, 1.54) is 44.9 Å². The van der Waals surface area contributed by atoms with Crippen molar-refractivity contribution < 1.29 is 43.2 Å². The zero-order chi connectivity index (χ0) is 58.6. The molecular formula is C68H84N4O9S2. The summed E-state index contributed by atoms with van der Waals surface area (Å²) in [7, 11) is 6.68. The van der Waals surface area contributed by atoms with E-state index >= 15 is 0 Å². The van der Waals surface area contributed by atoms with Crippen LogP contribution in [0.3, 0.4) is 0 Å². The average Bonchev–Trinajstić information content (AvgIpc) is 4.27. The van der Waals surface area contributed by atoms with Crippen LogP contribution in [0.4, 0.5) is 11.4 Å². The maximum atomic E-state index is 14.2. The van der Waals surface area contributed by atoms with Crippen molar-refractivity contribution in [2.45, 2.75) is 142 Å². The van der Waals surface area contributed by atoms with E-state index in [1.54, 1.807) is 28.4 Å². The van der Waals surface area contributed by atoms with Crippen LogP contribution in [0.1, 0.15) is 150 Å². The van der Waals surface area contributed by atoms with Gasteiger partial charge in [-0.05, 0) is 210 Å². The van der Waals surface area contributed by atoms with Crippen molar-refractivity contribution in [2.24, 2.45) is 35.5 Å². The summed E-state index contributed by atoms with van der Waals surface area (Å²) in [6.45, 7) is 7.56. The number of benzene rings is 4. The Morgan fingerprint density at radius 2 is 0.904 bits per heavy atom. The van der Waals surface area contributed by atoms with Crippen LogP contribution in [0, 0.1) is 49.4 Å². The average molecular weight is 1170 g/mol. The van der Waals surface area contributed by atoms with E-state index < -0.39 is 5.97 Å². The fourth-order valence-corrected chi connectivity index (χ4v) is 14.9. The van der Waals surface area contributed by atoms with Crippen molar-refractivity contribution in [3.05, 3.63) is 120 Å². The summed E-state index contributed by atoms with van der Waals surface area (Å²) in [5, 5.41) is 10.7. The van der Waals surface area contributed by atoms with Gasteiger partial charge in [0, 0.05) is 61.0 Å². The molecule has 83 heavy (non-hydrogen) atoms. The van der Waals surface area contributed by atoms with Crippen LogP contribution in [0.5, 0.6) is 21.9 Å². The molecule has 0 unspecified atom stereocenters. The molecule has 4 saturated carbocycles. The molecule has 0 saturated heterocycles. The van der Waals surface area contributed by atoms with Crippen molar-refractivity contribution in [1.82, 2.24) is 9.97 Å². The van der Waals surface area contributed by atoms with Gasteiger partial charge in [-0.25, -0.2) is 9.97 Å². The molecule has 0 aliphatic heterocycles. The van der Waals surface area contributed by atoms with Gasteiger partial charge in [-0.15, -0.1) is 0 Å². The van der Waals surface area contributed by atoms with Crippen molar-refractivity contribution in [2.75, 3.05) is 51.3 Å². The molecule has 4 aliphatic carbocycles. The lowest BCUT2D eigenvalue weighted by atomic mass is 9.77. The summed E-state index contributed by atoms with van der Waals surface area (Å²) < 4.78 is 21.5. The first kappa shape index (κ1) is 61.0. The molecule has 0 bridgehead atoms. The highest BCUT2D eigenvalue weighted by molar-refractivity contribution is 7.17. The number of anilines is 2. The first-order chi connectivity index (χ1) is 40.2.